The first-order chi connectivity index (χ1) is 9.18. The third kappa shape index (κ3) is 8.27. The Bertz CT molecular complexity index is 312. The lowest BCUT2D eigenvalue weighted by atomic mass is 10.1. The Morgan fingerprint density at radius 3 is 2.30 bits per heavy atom. The molecule has 1 aliphatic rings. The van der Waals surface area contributed by atoms with Crippen molar-refractivity contribution in [1.82, 2.24) is 0 Å². The topological polar surface area (TPSA) is 63.2 Å². The summed E-state index contributed by atoms with van der Waals surface area (Å²) in [7, 11) is -6.71. The van der Waals surface area contributed by atoms with Crippen LogP contribution in [0.25, 0.3) is 0 Å². The molecular weight excluding hydrogens is 312 g/mol. The second-order valence-electron chi connectivity index (χ2n) is 6.65. The van der Waals surface area contributed by atoms with Crippen LogP contribution < -0.4 is 0 Å². The minimum absolute atomic E-state index is 0.232. The van der Waals surface area contributed by atoms with Crippen molar-refractivity contribution >= 4 is 25.8 Å². The number of hydrogen-bond acceptors (Lipinski definition) is 6. The van der Waals surface area contributed by atoms with Crippen LogP contribution in [0.3, 0.4) is 0 Å². The molecule has 0 aromatic rings. The molecule has 0 aromatic heterocycles. The minimum atomic E-state index is -2.76. The molecule has 0 spiro atoms. The fourth-order valence-electron chi connectivity index (χ4n) is 1.87. The molecule has 20 heavy (non-hydrogen) atoms. The molecule has 1 rings (SSSR count). The van der Waals surface area contributed by atoms with Crippen molar-refractivity contribution in [3.8, 4) is 0 Å². The zero-order valence-electron chi connectivity index (χ0n) is 13.1. The van der Waals surface area contributed by atoms with Crippen LogP contribution in [0.5, 0.6) is 0 Å². The molecule has 6 nitrogen and oxygen atoms in total. The normalized spacial score (nSPS) is 20.6. The van der Waals surface area contributed by atoms with Crippen LogP contribution in [-0.2, 0) is 27.5 Å². The van der Waals surface area contributed by atoms with E-state index in [1.807, 2.05) is 32.7 Å². The summed E-state index contributed by atoms with van der Waals surface area (Å²) >= 11 is 0. The molecule has 0 bridgehead atoms. The monoisotopic (exact) mass is 338 g/mol. The average Bonchev–Trinajstić information content (AvgIpc) is 2.34. The molecule has 1 atom stereocenters. The van der Waals surface area contributed by atoms with Gasteiger partial charge in [0.15, 0.2) is 0 Å². The number of ether oxygens (including phenoxy) is 1. The summed E-state index contributed by atoms with van der Waals surface area (Å²) in [4.78, 5) is 0. The van der Waals surface area contributed by atoms with Crippen molar-refractivity contribution in [2.45, 2.75) is 64.1 Å². The zero-order chi connectivity index (χ0) is 15.2. The molecule has 0 aliphatic carbocycles. The Kier molecular flexibility index (Phi) is 7.01. The van der Waals surface area contributed by atoms with Crippen molar-refractivity contribution in [2.24, 2.45) is 0 Å². The van der Waals surface area contributed by atoms with Gasteiger partial charge in [-0.2, -0.15) is 0 Å². The van der Waals surface area contributed by atoms with Crippen molar-refractivity contribution in [1.29, 1.82) is 0 Å². The first-order valence-electron chi connectivity index (χ1n) is 7.05. The third-order valence-electron chi connectivity index (χ3n) is 2.69. The quantitative estimate of drug-likeness (QED) is 0.385. The van der Waals surface area contributed by atoms with Gasteiger partial charge in [0.2, 0.25) is 16.6 Å². The van der Waals surface area contributed by atoms with Gasteiger partial charge in [-0.3, -0.25) is 13.6 Å². The summed E-state index contributed by atoms with van der Waals surface area (Å²) < 4.78 is 37.3. The maximum absolute atomic E-state index is 11.5. The largest absolute Gasteiger partial charge is 0.833 e. The summed E-state index contributed by atoms with van der Waals surface area (Å²) in [5.41, 5.74) is 0. The molecule has 118 valence electrons. The van der Waals surface area contributed by atoms with Gasteiger partial charge >= 0.3 is 9.17 Å². The molecule has 0 saturated carbocycles. The fraction of sp³-hybridized carbons (Fsp3) is 1.00. The zero-order valence-corrected chi connectivity index (χ0v) is 16.1. The van der Waals surface area contributed by atoms with E-state index >= 15 is 0 Å². The van der Waals surface area contributed by atoms with Gasteiger partial charge < -0.3 is 13.9 Å². The Labute approximate surface area is 124 Å². The van der Waals surface area contributed by atoms with Gasteiger partial charge in [0.1, 0.15) is 0 Å². The first kappa shape index (κ1) is 18.0. The third-order valence-corrected chi connectivity index (χ3v) is 6.02. The van der Waals surface area contributed by atoms with Crippen molar-refractivity contribution in [3.63, 3.8) is 0 Å². The van der Waals surface area contributed by atoms with E-state index in [2.05, 4.69) is 0 Å². The molecular formula is C11H26O6Si3. The van der Waals surface area contributed by atoms with Crippen LogP contribution >= 0.6 is 0 Å². The predicted octanol–water partition coefficient (Wildman–Crippen LogP) is 2.91. The smallest absolute Gasteiger partial charge is 0.378 e. The van der Waals surface area contributed by atoms with E-state index in [1.54, 1.807) is 0 Å². The number of rotatable bonds is 8. The van der Waals surface area contributed by atoms with E-state index < -0.39 is 25.8 Å². The second kappa shape index (κ2) is 7.80. The highest BCUT2D eigenvalue weighted by Gasteiger charge is 2.33. The molecule has 0 aromatic carbocycles. The van der Waals surface area contributed by atoms with Gasteiger partial charge in [-0.15, -0.1) is 0 Å². The lowest BCUT2D eigenvalue weighted by molar-refractivity contribution is -0.206. The van der Waals surface area contributed by atoms with E-state index in [4.69, 9.17) is 23.0 Å². The van der Waals surface area contributed by atoms with Crippen molar-refractivity contribution in [2.75, 3.05) is 6.61 Å². The predicted molar refractivity (Wildman–Crippen MR) is 80.0 cm³/mol. The highest BCUT2D eigenvalue weighted by molar-refractivity contribution is 6.71. The Balaban J connectivity index is 2.25. The number of hydrogen-bond donors (Lipinski definition) is 0. The van der Waals surface area contributed by atoms with Gasteiger partial charge in [0.25, 0.3) is 0 Å². The van der Waals surface area contributed by atoms with E-state index in [1.165, 1.54) is 6.42 Å². The summed E-state index contributed by atoms with van der Waals surface area (Å²) in [6, 6.07) is 0.830. The molecule has 1 heterocycles. The molecule has 0 amide bonds. The molecule has 0 radical (unpaired) electrons. The second-order valence-corrected chi connectivity index (χ2v) is 16.0. The summed E-state index contributed by atoms with van der Waals surface area (Å²) in [5, 5.41) is 0. The lowest BCUT2D eigenvalue weighted by Gasteiger charge is -2.28. The highest BCUT2D eigenvalue weighted by Crippen LogP contribution is 2.23. The lowest BCUT2D eigenvalue weighted by Crippen LogP contribution is -2.38. The van der Waals surface area contributed by atoms with E-state index in [0.717, 1.165) is 25.5 Å². The molecule has 1 fully saturated rings. The molecule has 0 N–H and O–H groups in total. The fourth-order valence-corrected chi connectivity index (χ4v) is 5.83. The average molecular weight is 339 g/mol. The van der Waals surface area contributed by atoms with Gasteiger partial charge in [0.05, 0.1) is 6.10 Å². The maximum Gasteiger partial charge on any atom is 0.833 e. The maximum atomic E-state index is 11.5. The van der Waals surface area contributed by atoms with E-state index in [0.29, 0.717) is 0 Å². The Morgan fingerprint density at radius 2 is 1.75 bits per heavy atom. The molecule has 9 heteroatoms. The van der Waals surface area contributed by atoms with Crippen molar-refractivity contribution < 1.29 is 27.5 Å². The SMILES string of the molecule is C[Si](C)(C)OO[Si](=O)OO[Si](C)(C)CC1CCCCO1. The van der Waals surface area contributed by atoms with E-state index in [9.17, 15) is 4.46 Å². The van der Waals surface area contributed by atoms with Crippen LogP contribution in [-0.4, -0.2) is 38.5 Å². The molecule has 1 aliphatic heterocycles. The van der Waals surface area contributed by atoms with Crippen LogP contribution in [0.2, 0.25) is 38.8 Å². The van der Waals surface area contributed by atoms with Crippen LogP contribution in [0, 0.1) is 0 Å². The Hall–Kier alpha value is -0.0694. The van der Waals surface area contributed by atoms with Crippen LogP contribution in [0.15, 0.2) is 0 Å². The van der Waals surface area contributed by atoms with Gasteiger partial charge in [0, 0.05) is 6.61 Å². The van der Waals surface area contributed by atoms with Gasteiger partial charge in [-0.25, -0.2) is 0 Å². The summed E-state index contributed by atoms with van der Waals surface area (Å²) in [5.74, 6) is 0. The summed E-state index contributed by atoms with van der Waals surface area (Å²) in [6.07, 6.45) is 3.62. The molecule has 1 unspecified atom stereocenters. The Morgan fingerprint density at radius 1 is 1.10 bits per heavy atom. The standard InChI is InChI=1S/C11H26O6Si3/c1-19(2,3)16-14-18(12)15-17-20(4,5)10-11-8-6-7-9-13-11/h11H,6-10H2,1-5H3. The minimum Gasteiger partial charge on any atom is -0.378 e. The van der Waals surface area contributed by atoms with Gasteiger partial charge in [-0.1, -0.05) is 0 Å². The van der Waals surface area contributed by atoms with Crippen LogP contribution in [0.1, 0.15) is 19.3 Å². The van der Waals surface area contributed by atoms with E-state index in [-0.39, 0.29) is 6.10 Å². The van der Waals surface area contributed by atoms with Crippen LogP contribution in [0.4, 0.5) is 0 Å². The highest BCUT2D eigenvalue weighted by atomic mass is 28.4. The van der Waals surface area contributed by atoms with Gasteiger partial charge in [-0.05, 0) is 58.0 Å². The summed E-state index contributed by atoms with van der Waals surface area (Å²) in [6.45, 7) is 10.6. The van der Waals surface area contributed by atoms with Crippen molar-refractivity contribution in [3.05, 3.63) is 0 Å². The first-order valence-corrected chi connectivity index (χ1v) is 14.8. The molecule has 1 saturated heterocycles.